The van der Waals surface area contributed by atoms with Gasteiger partial charge in [0.2, 0.25) is 11.9 Å². The van der Waals surface area contributed by atoms with E-state index in [-0.39, 0.29) is 17.9 Å². The number of aliphatic imine (C=N–C) groups is 1. The Hall–Kier alpha value is -3.35. The van der Waals surface area contributed by atoms with E-state index in [1.54, 1.807) is 4.90 Å². The summed E-state index contributed by atoms with van der Waals surface area (Å²) in [6.07, 6.45) is -1.45. The van der Waals surface area contributed by atoms with Gasteiger partial charge in [0.15, 0.2) is 6.19 Å². The number of anilines is 1. The number of nitriles is 1. The molecule has 1 atom stereocenters. The lowest BCUT2D eigenvalue weighted by Crippen LogP contribution is -2.59. The Morgan fingerprint density at radius 3 is 2.65 bits per heavy atom. The Morgan fingerprint density at radius 1 is 1.26 bits per heavy atom. The number of nitrogens with zero attached hydrogens (tertiary/aromatic N) is 6. The molecule has 0 aliphatic carbocycles. The fraction of sp³-hybridized carbons (Fsp3) is 0.429. The fourth-order valence-corrected chi connectivity index (χ4v) is 3.50. The van der Waals surface area contributed by atoms with E-state index in [1.807, 2.05) is 56.1 Å². The molecule has 1 N–H and O–H groups in total. The van der Waals surface area contributed by atoms with Gasteiger partial charge in [-0.15, -0.1) is 0 Å². The summed E-state index contributed by atoms with van der Waals surface area (Å²) >= 11 is 0. The summed E-state index contributed by atoms with van der Waals surface area (Å²) in [6, 6.07) is 8.34. The van der Waals surface area contributed by atoms with Crippen molar-refractivity contribution in [2.45, 2.75) is 33.0 Å². The van der Waals surface area contributed by atoms with Crippen molar-refractivity contribution < 1.29 is 13.2 Å². The van der Waals surface area contributed by atoms with E-state index in [0.717, 1.165) is 23.5 Å². The van der Waals surface area contributed by atoms with Gasteiger partial charge in [0.05, 0.1) is 11.7 Å². The number of piperazine rings is 1. The standard InChI is InChI=1S/C21H24F3N7/c1-14(2)17-12-30(19-26-9-8-18(29-19)21(22,23)24)10-11-31(17)20(27-13-25)28-16-7-5-4-6-15(16)3/h4-9,14,17H,10-12H2,1-3H3,(H,27,28). The SMILES string of the molecule is Cc1ccccc1N=C(NC#N)N1CCN(c2nccc(C(F)(F)F)n2)CC1C(C)C. The van der Waals surface area contributed by atoms with Crippen molar-refractivity contribution in [2.24, 2.45) is 10.9 Å². The molecule has 1 aromatic carbocycles. The summed E-state index contributed by atoms with van der Waals surface area (Å²) in [6.45, 7) is 7.22. The molecule has 1 unspecified atom stereocenters. The topological polar surface area (TPSA) is 80.4 Å². The van der Waals surface area contributed by atoms with Crippen LogP contribution in [0.2, 0.25) is 0 Å². The zero-order valence-corrected chi connectivity index (χ0v) is 17.6. The molecule has 0 amide bonds. The van der Waals surface area contributed by atoms with Gasteiger partial charge >= 0.3 is 6.18 Å². The van der Waals surface area contributed by atoms with Crippen LogP contribution in [0.5, 0.6) is 0 Å². The second-order valence-corrected chi connectivity index (χ2v) is 7.65. The van der Waals surface area contributed by atoms with Gasteiger partial charge in [-0.25, -0.2) is 15.0 Å². The molecule has 1 fully saturated rings. The highest BCUT2D eigenvalue weighted by Gasteiger charge is 2.36. The zero-order valence-electron chi connectivity index (χ0n) is 17.6. The van der Waals surface area contributed by atoms with Crippen LogP contribution in [0.1, 0.15) is 25.1 Å². The smallest absolute Gasteiger partial charge is 0.337 e. The van der Waals surface area contributed by atoms with Gasteiger partial charge < -0.3 is 9.80 Å². The van der Waals surface area contributed by atoms with Crippen LogP contribution >= 0.6 is 0 Å². The van der Waals surface area contributed by atoms with Crippen molar-refractivity contribution in [2.75, 3.05) is 24.5 Å². The van der Waals surface area contributed by atoms with E-state index in [1.165, 1.54) is 0 Å². The monoisotopic (exact) mass is 431 g/mol. The highest BCUT2D eigenvalue weighted by molar-refractivity contribution is 5.85. The van der Waals surface area contributed by atoms with Gasteiger partial charge in [-0.3, -0.25) is 5.32 Å². The Morgan fingerprint density at radius 2 is 2.00 bits per heavy atom. The number of benzene rings is 1. The van der Waals surface area contributed by atoms with Crippen molar-refractivity contribution in [3.8, 4) is 6.19 Å². The molecule has 0 spiro atoms. The number of rotatable bonds is 3. The molecule has 31 heavy (non-hydrogen) atoms. The van der Waals surface area contributed by atoms with E-state index < -0.39 is 11.9 Å². The first kappa shape index (κ1) is 22.3. The third kappa shape index (κ3) is 5.23. The largest absolute Gasteiger partial charge is 0.433 e. The van der Waals surface area contributed by atoms with Gasteiger partial charge in [0.25, 0.3) is 0 Å². The predicted octanol–water partition coefficient (Wildman–Crippen LogP) is 3.71. The van der Waals surface area contributed by atoms with Crippen LogP contribution in [0.15, 0.2) is 41.5 Å². The van der Waals surface area contributed by atoms with E-state index in [9.17, 15) is 18.4 Å². The highest BCUT2D eigenvalue weighted by atomic mass is 19.4. The molecule has 1 saturated heterocycles. The maximum absolute atomic E-state index is 13.1. The third-order valence-corrected chi connectivity index (χ3v) is 5.19. The number of guanidine groups is 1. The van der Waals surface area contributed by atoms with Crippen molar-refractivity contribution in [1.82, 2.24) is 20.2 Å². The minimum absolute atomic E-state index is 0.0470. The molecule has 0 radical (unpaired) electrons. The maximum Gasteiger partial charge on any atom is 0.433 e. The molecule has 1 aliphatic heterocycles. The summed E-state index contributed by atoms with van der Waals surface area (Å²) in [5.41, 5.74) is 0.747. The van der Waals surface area contributed by atoms with Crippen LogP contribution in [-0.2, 0) is 6.18 Å². The molecule has 10 heteroatoms. The summed E-state index contributed by atoms with van der Waals surface area (Å²) in [5.74, 6) is 0.599. The predicted molar refractivity (Wildman–Crippen MR) is 112 cm³/mol. The Kier molecular flexibility index (Phi) is 6.63. The van der Waals surface area contributed by atoms with E-state index in [4.69, 9.17) is 0 Å². The third-order valence-electron chi connectivity index (χ3n) is 5.19. The van der Waals surface area contributed by atoms with Gasteiger partial charge in [0, 0.05) is 25.8 Å². The van der Waals surface area contributed by atoms with E-state index in [2.05, 4.69) is 20.3 Å². The van der Waals surface area contributed by atoms with Crippen molar-refractivity contribution >= 4 is 17.6 Å². The Balaban J connectivity index is 1.89. The highest BCUT2D eigenvalue weighted by Crippen LogP contribution is 2.29. The van der Waals surface area contributed by atoms with Crippen LogP contribution in [0.4, 0.5) is 24.8 Å². The zero-order chi connectivity index (χ0) is 22.6. The Labute approximate surface area is 179 Å². The molecule has 2 heterocycles. The van der Waals surface area contributed by atoms with Crippen molar-refractivity contribution in [3.63, 3.8) is 0 Å². The summed E-state index contributed by atoms with van der Waals surface area (Å²) < 4.78 is 39.2. The maximum atomic E-state index is 13.1. The molecular weight excluding hydrogens is 407 g/mol. The van der Waals surface area contributed by atoms with Crippen LogP contribution in [0, 0.1) is 24.3 Å². The lowest BCUT2D eigenvalue weighted by molar-refractivity contribution is -0.141. The second kappa shape index (κ2) is 9.20. The molecule has 1 aromatic heterocycles. The molecular formula is C21H24F3N7. The second-order valence-electron chi connectivity index (χ2n) is 7.65. The number of aromatic nitrogens is 2. The minimum Gasteiger partial charge on any atom is -0.337 e. The Bertz CT molecular complexity index is 981. The molecule has 164 valence electrons. The first-order chi connectivity index (χ1) is 14.7. The molecule has 1 aliphatic rings. The average Bonchev–Trinajstić information content (AvgIpc) is 2.74. The van der Waals surface area contributed by atoms with Crippen LogP contribution < -0.4 is 10.2 Å². The molecule has 0 saturated carbocycles. The quantitative estimate of drug-likeness (QED) is 0.345. The first-order valence-corrected chi connectivity index (χ1v) is 9.92. The van der Waals surface area contributed by atoms with Crippen LogP contribution in [0.25, 0.3) is 0 Å². The number of para-hydroxylation sites is 1. The number of alkyl halides is 3. The summed E-state index contributed by atoms with van der Waals surface area (Å²) in [4.78, 5) is 16.2. The molecule has 3 rings (SSSR count). The average molecular weight is 431 g/mol. The van der Waals surface area contributed by atoms with E-state index in [0.29, 0.717) is 25.6 Å². The van der Waals surface area contributed by atoms with Gasteiger partial charge in [-0.2, -0.15) is 18.4 Å². The summed E-state index contributed by atoms with van der Waals surface area (Å²) in [7, 11) is 0. The molecule has 0 bridgehead atoms. The number of hydrogen-bond acceptors (Lipinski definition) is 5. The van der Waals surface area contributed by atoms with Gasteiger partial charge in [0.1, 0.15) is 5.69 Å². The number of hydrogen-bond donors (Lipinski definition) is 1. The fourth-order valence-electron chi connectivity index (χ4n) is 3.50. The van der Waals surface area contributed by atoms with Crippen LogP contribution in [0.3, 0.4) is 0 Å². The number of aryl methyl sites for hydroxylation is 1. The normalized spacial score (nSPS) is 17.6. The number of halogens is 3. The minimum atomic E-state index is -4.53. The van der Waals surface area contributed by atoms with Crippen LogP contribution in [-0.4, -0.2) is 46.5 Å². The molecule has 2 aromatic rings. The van der Waals surface area contributed by atoms with Crippen molar-refractivity contribution in [3.05, 3.63) is 47.8 Å². The number of nitrogens with one attached hydrogen (secondary N) is 1. The van der Waals surface area contributed by atoms with Gasteiger partial charge in [-0.05, 0) is 30.5 Å². The van der Waals surface area contributed by atoms with E-state index >= 15 is 0 Å². The lowest BCUT2D eigenvalue weighted by atomic mass is 10.00. The van der Waals surface area contributed by atoms with Gasteiger partial charge in [-0.1, -0.05) is 32.0 Å². The first-order valence-electron chi connectivity index (χ1n) is 9.92. The van der Waals surface area contributed by atoms with Crippen molar-refractivity contribution in [1.29, 1.82) is 5.26 Å². The molecule has 7 nitrogen and oxygen atoms in total. The summed E-state index contributed by atoms with van der Waals surface area (Å²) in [5, 5.41) is 12.0. The lowest BCUT2D eigenvalue weighted by Gasteiger charge is -2.44.